The summed E-state index contributed by atoms with van der Waals surface area (Å²) in [6.45, 7) is 8.25. The fraction of sp³-hybridized carbons (Fsp3) is 0.516. The largest absolute Gasteiger partial charge is 0.453 e. The Morgan fingerprint density at radius 3 is 1.69 bits per heavy atom. The number of guanidine groups is 1. The second-order valence-corrected chi connectivity index (χ2v) is 24.2. The van der Waals surface area contributed by atoms with Gasteiger partial charge in [0.05, 0.1) is 31.4 Å². The van der Waals surface area contributed by atoms with Crippen molar-refractivity contribution in [3.63, 3.8) is 0 Å². The van der Waals surface area contributed by atoms with Crippen LogP contribution in [0.4, 0.5) is 0 Å². The standard InChI is InChI=1S/C64H93N15O17/c1-8-34(6)45-59(91)77-46(35(7)81)58(90)70-30-44(82)75-48(51(84)53(66)85)61(93)74-43(31-80)63(95)96-52(38-23-16-11-17-24-38)49(79-57(89)42(29-37-21-14-10-15-22-37)72-54(86)39(65)28-36-19-12-9-13-20-36)62(94)78-47(50(83)33(4)5)60(92)73-41(27-32(2)3)56(88)71-40(55(87)76-45)25-18-26-69-64(67)68/h9-17,19-24,32-35,39-43,45-52,80-81,83-84H,8,18,25-31,65H2,1-7H3,(H2,66,85)(H,70,90)(H,71,88)(H,72,86)(H,73,92)(H,74,93)(H,75,82)(H,76,87)(H,77,91)(H,78,94)(H,79,89)(H4,67,68,69)/t34-,35-,39+,40+,41-,42-,43-,45-,46-,47-,48-,49-,50+,51-,52+/m0/s1. The van der Waals surface area contributed by atoms with E-state index in [4.69, 9.17) is 27.3 Å². The molecule has 0 bridgehead atoms. The lowest BCUT2D eigenvalue weighted by molar-refractivity contribution is -0.159. The average Bonchev–Trinajstić information content (AvgIpc) is 0.833. The zero-order valence-electron chi connectivity index (χ0n) is 54.7. The Morgan fingerprint density at radius 1 is 0.625 bits per heavy atom. The first kappa shape index (κ1) is 78.8. The van der Waals surface area contributed by atoms with Gasteiger partial charge in [0, 0.05) is 13.0 Å². The van der Waals surface area contributed by atoms with Crippen LogP contribution in [0.5, 0.6) is 0 Å². The zero-order chi connectivity index (χ0) is 71.5. The molecule has 0 aliphatic carbocycles. The van der Waals surface area contributed by atoms with E-state index in [9.17, 15) is 63.6 Å². The van der Waals surface area contributed by atoms with Crippen LogP contribution in [-0.2, 0) is 75.1 Å². The van der Waals surface area contributed by atoms with Gasteiger partial charge in [-0.3, -0.25) is 58.1 Å². The number of aliphatic hydroxyl groups excluding tert-OH is 4. The Labute approximate surface area is 555 Å². The number of nitrogens with one attached hydrogen (secondary N) is 12. The predicted molar refractivity (Wildman–Crippen MR) is 347 cm³/mol. The summed E-state index contributed by atoms with van der Waals surface area (Å²) in [5.74, 6) is -17.3. The number of esters is 1. The molecule has 1 aliphatic rings. The lowest BCUT2D eigenvalue weighted by Gasteiger charge is -2.33. The summed E-state index contributed by atoms with van der Waals surface area (Å²) >= 11 is 0. The molecule has 526 valence electrons. The molecular weight excluding hydrogens is 1250 g/mol. The molecule has 1 saturated heterocycles. The van der Waals surface area contributed by atoms with Crippen molar-refractivity contribution in [1.82, 2.24) is 58.5 Å². The number of benzene rings is 3. The third-order valence-electron chi connectivity index (χ3n) is 15.6. The van der Waals surface area contributed by atoms with Gasteiger partial charge >= 0.3 is 5.97 Å². The Hall–Kier alpha value is -9.63. The molecule has 11 amide bonds. The van der Waals surface area contributed by atoms with E-state index in [1.54, 1.807) is 88.4 Å². The second-order valence-electron chi connectivity index (χ2n) is 24.2. The normalized spacial score (nSPS) is 23.7. The number of amides is 11. The molecule has 0 radical (unpaired) electrons. The van der Waals surface area contributed by atoms with Crippen molar-refractivity contribution in [2.75, 3.05) is 19.7 Å². The minimum atomic E-state index is -2.59. The second kappa shape index (κ2) is 38.7. The summed E-state index contributed by atoms with van der Waals surface area (Å²) in [4.78, 5) is 172. The maximum atomic E-state index is 15.6. The first-order valence-corrected chi connectivity index (χ1v) is 31.5. The molecule has 1 aliphatic heterocycles. The number of carbonyl (C=O) groups is 12. The van der Waals surface area contributed by atoms with Gasteiger partial charge in [0.25, 0.3) is 0 Å². The Morgan fingerprint density at radius 2 is 1.15 bits per heavy atom. The first-order valence-electron chi connectivity index (χ1n) is 31.5. The highest BCUT2D eigenvalue weighted by molar-refractivity contribution is 6.00. The van der Waals surface area contributed by atoms with E-state index in [1.807, 2.05) is 10.6 Å². The van der Waals surface area contributed by atoms with Crippen LogP contribution in [0, 0.1) is 23.2 Å². The summed E-state index contributed by atoms with van der Waals surface area (Å²) in [6.07, 6.45) is -8.55. The number of carbonyl (C=O) groups excluding carboxylic acids is 12. The predicted octanol–water partition coefficient (Wildman–Crippen LogP) is -4.83. The van der Waals surface area contributed by atoms with E-state index < -0.39 is 193 Å². The SMILES string of the molecule is CC[C@H](C)[C@@H]1NC(=O)[C@@H](CCCNC(=N)N)NC(=O)[C@H](CC(C)C)NC(=O)[C@H]([C@H](O)C(C)C)NC(=O)[C@@H](NC(=O)[C@H](Cc2ccccc2)NC(=O)[C@H](N)Cc2ccccc2)[C@@H](c2ccccc2)OC(=O)[C@H](CO)NC(=O)[C@H]([C@H](O)C(N)=O)NC(=O)CNC(=O)[C@H]([C@H](C)O)NC1=O. The molecule has 1 fully saturated rings. The van der Waals surface area contributed by atoms with Crippen molar-refractivity contribution in [2.24, 2.45) is 35.0 Å². The molecule has 32 nitrogen and oxygen atoms in total. The Kier molecular flexibility index (Phi) is 31.7. The number of aliphatic hydroxyl groups is 4. The van der Waals surface area contributed by atoms with Gasteiger partial charge < -0.3 is 101 Å². The van der Waals surface area contributed by atoms with E-state index in [0.29, 0.717) is 11.1 Å². The van der Waals surface area contributed by atoms with Gasteiger partial charge in [0.2, 0.25) is 65.0 Å². The fourth-order valence-electron chi connectivity index (χ4n) is 9.98. The lowest BCUT2D eigenvalue weighted by Crippen LogP contribution is -2.64. The number of hydrogen-bond acceptors (Lipinski definition) is 19. The van der Waals surface area contributed by atoms with E-state index >= 15 is 14.4 Å². The van der Waals surface area contributed by atoms with Gasteiger partial charge in [-0.1, -0.05) is 139 Å². The molecule has 3 aromatic carbocycles. The quantitative estimate of drug-likeness (QED) is 0.0183. The molecule has 15 atom stereocenters. The smallest absolute Gasteiger partial charge is 0.331 e. The van der Waals surface area contributed by atoms with Gasteiger partial charge in [-0.2, -0.15) is 0 Å². The third-order valence-corrected chi connectivity index (χ3v) is 15.6. The van der Waals surface area contributed by atoms with Crippen LogP contribution >= 0.6 is 0 Å². The summed E-state index contributed by atoms with van der Waals surface area (Å²) in [7, 11) is 0. The minimum Gasteiger partial charge on any atom is -0.453 e. The Bertz CT molecular complexity index is 3150. The van der Waals surface area contributed by atoms with Gasteiger partial charge in [-0.15, -0.1) is 0 Å². The molecule has 0 aromatic heterocycles. The van der Waals surface area contributed by atoms with Crippen LogP contribution in [0.25, 0.3) is 0 Å². The van der Waals surface area contributed by atoms with Crippen LogP contribution in [0.2, 0.25) is 0 Å². The van der Waals surface area contributed by atoms with Crippen LogP contribution < -0.4 is 75.7 Å². The summed E-state index contributed by atoms with van der Waals surface area (Å²) in [6, 6.07) is 5.71. The highest BCUT2D eigenvalue weighted by Gasteiger charge is 2.44. The molecule has 0 saturated carbocycles. The third kappa shape index (κ3) is 24.6. The van der Waals surface area contributed by atoms with Crippen molar-refractivity contribution >= 4 is 76.9 Å². The summed E-state index contributed by atoms with van der Waals surface area (Å²) < 4.78 is 5.98. The van der Waals surface area contributed by atoms with Crippen molar-refractivity contribution in [2.45, 2.75) is 172 Å². The number of hydrogen-bond donors (Lipinski definition) is 19. The molecule has 96 heavy (non-hydrogen) atoms. The van der Waals surface area contributed by atoms with Gasteiger partial charge in [-0.25, -0.2) is 4.79 Å². The molecule has 1 heterocycles. The number of ether oxygens (including phenoxy) is 1. The molecule has 32 heteroatoms. The molecule has 22 N–H and O–H groups in total. The van der Waals surface area contributed by atoms with Crippen molar-refractivity contribution in [1.29, 1.82) is 5.41 Å². The average molecular weight is 1340 g/mol. The molecule has 0 spiro atoms. The zero-order valence-corrected chi connectivity index (χ0v) is 54.7. The van der Waals surface area contributed by atoms with Gasteiger partial charge in [0.15, 0.2) is 24.2 Å². The monoisotopic (exact) mass is 1340 g/mol. The van der Waals surface area contributed by atoms with Crippen molar-refractivity contribution in [3.8, 4) is 0 Å². The van der Waals surface area contributed by atoms with Crippen LogP contribution in [0.1, 0.15) is 96.9 Å². The highest BCUT2D eigenvalue weighted by Crippen LogP contribution is 2.25. The first-order chi connectivity index (χ1) is 45.4. The Balaban J connectivity index is 2.00. The fourth-order valence-corrected chi connectivity index (χ4v) is 9.98. The molecule has 3 aromatic rings. The van der Waals surface area contributed by atoms with Gasteiger partial charge in [-0.05, 0) is 67.1 Å². The summed E-state index contributed by atoms with van der Waals surface area (Å²) in [5, 5.41) is 78.7. The molecular formula is C64H93N15O17. The van der Waals surface area contributed by atoms with E-state index in [-0.39, 0.29) is 50.6 Å². The van der Waals surface area contributed by atoms with E-state index in [0.717, 1.165) is 6.92 Å². The van der Waals surface area contributed by atoms with Crippen LogP contribution in [0.3, 0.4) is 0 Å². The molecule has 0 unspecified atom stereocenters. The lowest BCUT2D eigenvalue weighted by atomic mass is 9.95. The van der Waals surface area contributed by atoms with Crippen LogP contribution in [0.15, 0.2) is 91.0 Å². The number of rotatable bonds is 23. The number of primary amides is 1. The van der Waals surface area contributed by atoms with E-state index in [1.165, 1.54) is 44.2 Å². The van der Waals surface area contributed by atoms with Crippen LogP contribution in [-0.4, -0.2) is 196 Å². The van der Waals surface area contributed by atoms with Gasteiger partial charge in [0.1, 0.15) is 48.3 Å². The van der Waals surface area contributed by atoms with Crippen molar-refractivity contribution in [3.05, 3.63) is 108 Å². The van der Waals surface area contributed by atoms with Crippen molar-refractivity contribution < 1.29 is 82.7 Å². The van der Waals surface area contributed by atoms with E-state index in [2.05, 4.69) is 47.9 Å². The molecule has 4 rings (SSSR count). The highest BCUT2D eigenvalue weighted by atomic mass is 16.5. The maximum Gasteiger partial charge on any atom is 0.331 e. The maximum absolute atomic E-state index is 15.6. The number of cyclic esters (lactones) is 1. The summed E-state index contributed by atoms with van der Waals surface area (Å²) in [5.41, 5.74) is 18.3. The number of nitrogens with two attached hydrogens (primary N) is 3. The topological polar surface area (TPSA) is 529 Å². The minimum absolute atomic E-state index is 0.00665.